The predicted molar refractivity (Wildman–Crippen MR) is 80.0 cm³/mol. The second-order valence-electron chi connectivity index (χ2n) is 4.35. The number of thiophene rings is 1. The lowest BCUT2D eigenvalue weighted by Crippen LogP contribution is -2.12. The lowest BCUT2D eigenvalue weighted by Gasteiger charge is -2.09. The molecule has 1 aromatic heterocycles. The molecule has 106 valence electrons. The quantitative estimate of drug-likeness (QED) is 0.842. The molecule has 4 N–H and O–H groups in total. The number of nitrogens with two attached hydrogens (primary N) is 2. The van der Waals surface area contributed by atoms with E-state index in [1.807, 2.05) is 0 Å². The number of rotatable bonds is 4. The fourth-order valence-electron chi connectivity index (χ4n) is 1.89. The van der Waals surface area contributed by atoms with Crippen molar-refractivity contribution >= 4 is 55.5 Å². The van der Waals surface area contributed by atoms with Gasteiger partial charge in [0.2, 0.25) is 0 Å². The fourth-order valence-corrected chi connectivity index (χ4v) is 3.56. The Morgan fingerprint density at radius 2 is 2.25 bits per heavy atom. The van der Waals surface area contributed by atoms with Gasteiger partial charge >= 0.3 is 0 Å². The lowest BCUT2D eigenvalue weighted by molar-refractivity contribution is 0.100. The fraction of sp³-hybridized carbons (Fsp3) is 0.250. The van der Waals surface area contributed by atoms with Crippen molar-refractivity contribution < 1.29 is 14.3 Å². The van der Waals surface area contributed by atoms with Gasteiger partial charge in [-0.15, -0.1) is 11.3 Å². The van der Waals surface area contributed by atoms with E-state index in [1.165, 1.54) is 11.3 Å². The SMILES string of the molecule is NC(=O)c1c(N)sc2c(Cl)c(OC[C@H]3CO3)c(Cl)cc12. The third-order valence-corrected chi connectivity index (χ3v) is 4.73. The maximum atomic E-state index is 11.4. The molecule has 2 heterocycles. The van der Waals surface area contributed by atoms with Gasteiger partial charge in [-0.3, -0.25) is 4.79 Å². The first-order valence-electron chi connectivity index (χ1n) is 5.73. The third kappa shape index (κ3) is 2.29. The van der Waals surface area contributed by atoms with Gasteiger partial charge < -0.3 is 20.9 Å². The van der Waals surface area contributed by atoms with Crippen LogP contribution in [-0.4, -0.2) is 25.2 Å². The van der Waals surface area contributed by atoms with Crippen molar-refractivity contribution in [3.05, 3.63) is 21.7 Å². The van der Waals surface area contributed by atoms with Gasteiger partial charge in [0.15, 0.2) is 5.75 Å². The van der Waals surface area contributed by atoms with Crippen molar-refractivity contribution in [1.82, 2.24) is 0 Å². The minimum Gasteiger partial charge on any atom is -0.488 e. The van der Waals surface area contributed by atoms with Crippen LogP contribution in [0.4, 0.5) is 5.00 Å². The smallest absolute Gasteiger partial charge is 0.252 e. The highest BCUT2D eigenvalue weighted by Crippen LogP contribution is 2.45. The highest BCUT2D eigenvalue weighted by molar-refractivity contribution is 7.23. The van der Waals surface area contributed by atoms with Crippen LogP contribution in [0.2, 0.25) is 10.0 Å². The molecule has 0 radical (unpaired) electrons. The average Bonchev–Trinajstić information content (AvgIpc) is 3.12. The van der Waals surface area contributed by atoms with Crippen LogP contribution in [0.5, 0.6) is 5.75 Å². The number of nitrogen functional groups attached to an aromatic ring is 1. The number of anilines is 1. The van der Waals surface area contributed by atoms with E-state index in [4.69, 9.17) is 44.1 Å². The molecule has 8 heteroatoms. The van der Waals surface area contributed by atoms with Crippen LogP contribution in [0, 0.1) is 0 Å². The standard InChI is InChI=1S/C12H10Cl2N2O3S/c13-6-1-5-7(11(15)17)12(16)20-10(5)8(14)9(6)19-3-4-2-18-4/h1,4H,2-3,16H2,(H2,15,17)/t4-/m1/s1. The van der Waals surface area contributed by atoms with E-state index in [2.05, 4.69) is 0 Å². The summed E-state index contributed by atoms with van der Waals surface area (Å²) in [5, 5.41) is 1.50. The maximum Gasteiger partial charge on any atom is 0.252 e. The Morgan fingerprint density at radius 1 is 1.55 bits per heavy atom. The summed E-state index contributed by atoms with van der Waals surface area (Å²) in [4.78, 5) is 11.4. The molecule has 1 aromatic carbocycles. The van der Waals surface area contributed by atoms with Gasteiger partial charge in [0.25, 0.3) is 5.91 Å². The van der Waals surface area contributed by atoms with E-state index < -0.39 is 5.91 Å². The summed E-state index contributed by atoms with van der Waals surface area (Å²) in [6, 6.07) is 1.60. The van der Waals surface area contributed by atoms with Gasteiger partial charge in [-0.2, -0.15) is 0 Å². The van der Waals surface area contributed by atoms with Crippen molar-refractivity contribution in [3.8, 4) is 5.75 Å². The van der Waals surface area contributed by atoms with Crippen LogP contribution in [-0.2, 0) is 4.74 Å². The van der Waals surface area contributed by atoms with Crippen LogP contribution in [0.15, 0.2) is 6.07 Å². The Labute approximate surface area is 128 Å². The monoisotopic (exact) mass is 332 g/mol. The number of halogens is 2. The molecule has 0 bridgehead atoms. The normalized spacial score (nSPS) is 17.4. The molecular weight excluding hydrogens is 323 g/mol. The first kappa shape index (κ1) is 13.8. The summed E-state index contributed by atoms with van der Waals surface area (Å²) in [6.07, 6.45) is 0.0902. The van der Waals surface area contributed by atoms with E-state index in [-0.39, 0.29) is 11.7 Å². The Balaban J connectivity index is 2.11. The molecule has 20 heavy (non-hydrogen) atoms. The highest BCUT2D eigenvalue weighted by atomic mass is 35.5. The zero-order chi connectivity index (χ0) is 14.4. The molecular formula is C12H10Cl2N2O3S. The van der Waals surface area contributed by atoms with Crippen LogP contribution in [0.25, 0.3) is 10.1 Å². The number of hydrogen-bond acceptors (Lipinski definition) is 5. The molecule has 3 rings (SSSR count). The molecule has 2 aromatic rings. The molecule has 0 aliphatic carbocycles. The van der Waals surface area contributed by atoms with Crippen molar-refractivity contribution in [2.75, 3.05) is 18.9 Å². The number of fused-ring (bicyclic) bond motifs is 1. The van der Waals surface area contributed by atoms with Crippen LogP contribution in [0.1, 0.15) is 10.4 Å². The molecule has 5 nitrogen and oxygen atoms in total. The summed E-state index contributed by atoms with van der Waals surface area (Å²) < 4.78 is 11.3. The first-order valence-corrected chi connectivity index (χ1v) is 7.30. The summed E-state index contributed by atoms with van der Waals surface area (Å²) in [6.45, 7) is 1.06. The van der Waals surface area contributed by atoms with Gasteiger partial charge in [0.1, 0.15) is 17.7 Å². The van der Waals surface area contributed by atoms with E-state index in [0.717, 1.165) is 0 Å². The number of primary amides is 1. The van der Waals surface area contributed by atoms with E-state index in [1.54, 1.807) is 6.07 Å². The third-order valence-electron chi connectivity index (χ3n) is 2.92. The van der Waals surface area contributed by atoms with Crippen molar-refractivity contribution in [2.45, 2.75) is 6.10 Å². The lowest BCUT2D eigenvalue weighted by atomic mass is 10.1. The Kier molecular flexibility index (Phi) is 3.41. The number of ether oxygens (including phenoxy) is 2. The summed E-state index contributed by atoms with van der Waals surface area (Å²) >= 11 is 13.6. The van der Waals surface area contributed by atoms with Crippen LogP contribution < -0.4 is 16.2 Å². The van der Waals surface area contributed by atoms with Gasteiger partial charge in [-0.05, 0) is 6.07 Å². The molecule has 1 aliphatic heterocycles. The molecule has 1 aliphatic rings. The number of amides is 1. The summed E-state index contributed by atoms with van der Waals surface area (Å²) in [7, 11) is 0. The van der Waals surface area contributed by atoms with Gasteiger partial charge in [-0.25, -0.2) is 0 Å². The number of hydrogen-bond donors (Lipinski definition) is 2. The van der Waals surface area contributed by atoms with E-state index >= 15 is 0 Å². The largest absolute Gasteiger partial charge is 0.488 e. The summed E-state index contributed by atoms with van der Waals surface area (Å²) in [5.74, 6) is -0.241. The molecule has 1 fully saturated rings. The molecule has 0 spiro atoms. The molecule has 1 saturated heterocycles. The first-order chi connectivity index (χ1) is 9.49. The predicted octanol–water partition coefficient (Wildman–Crippen LogP) is 2.67. The topological polar surface area (TPSA) is 90.9 Å². The van der Waals surface area contributed by atoms with Crippen molar-refractivity contribution in [1.29, 1.82) is 0 Å². The van der Waals surface area contributed by atoms with Gasteiger partial charge in [-0.1, -0.05) is 23.2 Å². The minimum absolute atomic E-state index is 0.0902. The Morgan fingerprint density at radius 3 is 2.85 bits per heavy atom. The second-order valence-corrected chi connectivity index (χ2v) is 6.19. The van der Waals surface area contributed by atoms with E-state index in [0.29, 0.717) is 44.1 Å². The van der Waals surface area contributed by atoms with Gasteiger partial charge in [0.05, 0.1) is 26.9 Å². The second kappa shape index (κ2) is 4.96. The number of carbonyl (C=O) groups is 1. The highest BCUT2D eigenvalue weighted by Gasteiger charge is 2.26. The molecule has 0 saturated carbocycles. The maximum absolute atomic E-state index is 11.4. The average molecular weight is 333 g/mol. The number of benzene rings is 1. The van der Waals surface area contributed by atoms with Gasteiger partial charge in [0, 0.05) is 5.39 Å². The zero-order valence-corrected chi connectivity index (χ0v) is 12.4. The van der Waals surface area contributed by atoms with Crippen molar-refractivity contribution in [3.63, 3.8) is 0 Å². The zero-order valence-electron chi connectivity index (χ0n) is 10.1. The number of epoxide rings is 1. The Hall–Kier alpha value is -1.21. The summed E-state index contributed by atoms with van der Waals surface area (Å²) in [5.41, 5.74) is 11.4. The molecule has 1 atom stereocenters. The van der Waals surface area contributed by atoms with E-state index in [9.17, 15) is 4.79 Å². The minimum atomic E-state index is -0.610. The molecule has 1 amide bonds. The number of carbonyl (C=O) groups excluding carboxylic acids is 1. The van der Waals surface area contributed by atoms with Crippen LogP contribution in [0.3, 0.4) is 0 Å². The Bertz CT molecular complexity index is 713. The van der Waals surface area contributed by atoms with Crippen LogP contribution >= 0.6 is 34.5 Å². The molecule has 0 unspecified atom stereocenters. The van der Waals surface area contributed by atoms with Crippen molar-refractivity contribution in [2.24, 2.45) is 5.73 Å².